The minimum Gasteiger partial charge on any atom is -0.423 e. The molecule has 0 radical (unpaired) electrons. The Morgan fingerprint density at radius 1 is 1.36 bits per heavy atom. The van der Waals surface area contributed by atoms with E-state index in [9.17, 15) is 4.79 Å². The van der Waals surface area contributed by atoms with Gasteiger partial charge in [-0.05, 0) is 63.0 Å². The van der Waals surface area contributed by atoms with Gasteiger partial charge in [-0.3, -0.25) is 4.90 Å². The second-order valence-electron chi connectivity index (χ2n) is 6.39. The average molecular weight is 300 g/mol. The quantitative estimate of drug-likeness (QED) is 0.881. The zero-order chi connectivity index (χ0) is 15.5. The summed E-state index contributed by atoms with van der Waals surface area (Å²) in [6, 6.07) is 7.74. The predicted molar refractivity (Wildman–Crippen MR) is 89.1 cm³/mol. The van der Waals surface area contributed by atoms with E-state index < -0.39 is 0 Å². The minimum atomic E-state index is -0.253. The van der Waals surface area contributed by atoms with Gasteiger partial charge in [-0.1, -0.05) is 12.1 Å². The van der Waals surface area contributed by atoms with E-state index in [2.05, 4.69) is 22.3 Å². The van der Waals surface area contributed by atoms with Gasteiger partial charge in [0.15, 0.2) is 0 Å². The molecule has 118 valence electrons. The van der Waals surface area contributed by atoms with Crippen LogP contribution in [0.2, 0.25) is 0 Å². The second kappa shape index (κ2) is 6.63. The molecular formula is C18H24N2O2. The van der Waals surface area contributed by atoms with Crippen molar-refractivity contribution in [3.63, 3.8) is 0 Å². The van der Waals surface area contributed by atoms with Crippen molar-refractivity contribution in [3.05, 3.63) is 45.8 Å². The molecule has 1 unspecified atom stereocenters. The highest BCUT2D eigenvalue weighted by Gasteiger charge is 2.20. The molecule has 1 aromatic heterocycles. The van der Waals surface area contributed by atoms with Crippen molar-refractivity contribution in [3.8, 4) is 0 Å². The molecule has 0 saturated carbocycles. The topological polar surface area (TPSA) is 45.5 Å². The SMILES string of the molecule is CNCC1CCCN(Cc2cc(=O)oc3cc(C)ccc23)C1. The molecule has 1 saturated heterocycles. The lowest BCUT2D eigenvalue weighted by Gasteiger charge is -2.32. The first-order valence-electron chi connectivity index (χ1n) is 8.06. The maximum Gasteiger partial charge on any atom is 0.336 e. The molecular weight excluding hydrogens is 276 g/mol. The molecule has 2 aromatic rings. The Balaban J connectivity index is 1.85. The molecule has 1 aliphatic rings. The lowest BCUT2D eigenvalue weighted by molar-refractivity contribution is 0.167. The molecule has 22 heavy (non-hydrogen) atoms. The van der Waals surface area contributed by atoms with Gasteiger partial charge in [0.05, 0.1) is 0 Å². The largest absolute Gasteiger partial charge is 0.423 e. The van der Waals surface area contributed by atoms with E-state index in [1.54, 1.807) is 6.07 Å². The number of hydrogen-bond donors (Lipinski definition) is 1. The number of fused-ring (bicyclic) bond motifs is 1. The third kappa shape index (κ3) is 3.39. The Labute approximate surface area is 131 Å². The van der Waals surface area contributed by atoms with Crippen LogP contribution in [0.25, 0.3) is 11.0 Å². The Hall–Kier alpha value is -1.65. The number of aryl methyl sites for hydroxylation is 1. The molecule has 1 aliphatic heterocycles. The van der Waals surface area contributed by atoms with Crippen molar-refractivity contribution in [2.75, 3.05) is 26.7 Å². The van der Waals surface area contributed by atoms with Gasteiger partial charge in [0, 0.05) is 24.5 Å². The molecule has 1 N–H and O–H groups in total. The van der Waals surface area contributed by atoms with Crippen molar-refractivity contribution < 1.29 is 4.42 Å². The van der Waals surface area contributed by atoms with E-state index in [1.807, 2.05) is 20.0 Å². The standard InChI is InChI=1S/C18H24N2O2/c1-13-5-6-16-15(9-18(21)22-17(16)8-13)12-20-7-3-4-14(11-20)10-19-2/h5-6,8-9,14,19H,3-4,7,10-12H2,1-2H3. The van der Waals surface area contributed by atoms with Crippen molar-refractivity contribution in [1.82, 2.24) is 10.2 Å². The smallest absolute Gasteiger partial charge is 0.336 e. The zero-order valence-electron chi connectivity index (χ0n) is 13.4. The molecule has 0 spiro atoms. The maximum absolute atomic E-state index is 11.8. The number of nitrogens with zero attached hydrogens (tertiary/aromatic N) is 1. The van der Waals surface area contributed by atoms with Gasteiger partial charge in [-0.15, -0.1) is 0 Å². The first kappa shape index (κ1) is 15.3. The Kier molecular flexibility index (Phi) is 4.60. The normalized spacial score (nSPS) is 19.6. The first-order chi connectivity index (χ1) is 10.7. The highest BCUT2D eigenvalue weighted by atomic mass is 16.4. The molecule has 0 aliphatic carbocycles. The van der Waals surface area contributed by atoms with Crippen LogP contribution in [0.5, 0.6) is 0 Å². The van der Waals surface area contributed by atoms with Crippen molar-refractivity contribution in [2.45, 2.75) is 26.3 Å². The highest BCUT2D eigenvalue weighted by Crippen LogP contribution is 2.23. The van der Waals surface area contributed by atoms with Crippen LogP contribution >= 0.6 is 0 Å². The van der Waals surface area contributed by atoms with E-state index >= 15 is 0 Å². The number of rotatable bonds is 4. The van der Waals surface area contributed by atoms with Crippen LogP contribution < -0.4 is 10.9 Å². The molecule has 0 amide bonds. The van der Waals surface area contributed by atoms with Crippen LogP contribution in [0.4, 0.5) is 0 Å². The van der Waals surface area contributed by atoms with Crippen LogP contribution in [0, 0.1) is 12.8 Å². The maximum atomic E-state index is 11.8. The van der Waals surface area contributed by atoms with Gasteiger partial charge in [-0.25, -0.2) is 4.79 Å². The van der Waals surface area contributed by atoms with Crippen molar-refractivity contribution in [1.29, 1.82) is 0 Å². The highest BCUT2D eigenvalue weighted by molar-refractivity contribution is 5.80. The number of piperidine rings is 1. The zero-order valence-corrected chi connectivity index (χ0v) is 13.4. The van der Waals surface area contributed by atoms with E-state index in [4.69, 9.17) is 4.42 Å². The summed E-state index contributed by atoms with van der Waals surface area (Å²) in [5.74, 6) is 0.701. The number of likely N-dealkylation sites (tertiary alicyclic amines) is 1. The van der Waals surface area contributed by atoms with Gasteiger partial charge >= 0.3 is 5.63 Å². The summed E-state index contributed by atoms with van der Waals surface area (Å²) in [7, 11) is 2.01. The van der Waals surface area contributed by atoms with Gasteiger partial charge < -0.3 is 9.73 Å². The second-order valence-corrected chi connectivity index (χ2v) is 6.39. The van der Waals surface area contributed by atoms with E-state index in [0.717, 1.165) is 42.7 Å². The van der Waals surface area contributed by atoms with Gasteiger partial charge in [0.1, 0.15) is 5.58 Å². The molecule has 4 heteroatoms. The molecule has 3 rings (SSSR count). The summed E-state index contributed by atoms with van der Waals surface area (Å²) < 4.78 is 5.35. The van der Waals surface area contributed by atoms with Crippen molar-refractivity contribution >= 4 is 11.0 Å². The Morgan fingerprint density at radius 3 is 3.05 bits per heavy atom. The summed E-state index contributed by atoms with van der Waals surface area (Å²) in [6.45, 7) is 6.10. The van der Waals surface area contributed by atoms with E-state index in [-0.39, 0.29) is 5.63 Å². The molecule has 1 fully saturated rings. The molecule has 4 nitrogen and oxygen atoms in total. The van der Waals surface area contributed by atoms with Crippen LogP contribution in [-0.4, -0.2) is 31.6 Å². The Morgan fingerprint density at radius 2 is 2.23 bits per heavy atom. The third-order valence-corrected chi connectivity index (χ3v) is 4.48. The van der Waals surface area contributed by atoms with E-state index in [0.29, 0.717) is 11.5 Å². The van der Waals surface area contributed by atoms with Crippen LogP contribution in [0.1, 0.15) is 24.0 Å². The summed E-state index contributed by atoms with van der Waals surface area (Å²) >= 11 is 0. The van der Waals surface area contributed by atoms with Gasteiger partial charge in [0.2, 0.25) is 0 Å². The van der Waals surface area contributed by atoms with Crippen LogP contribution in [0.15, 0.2) is 33.5 Å². The minimum absolute atomic E-state index is 0.253. The van der Waals surface area contributed by atoms with E-state index in [1.165, 1.54) is 12.8 Å². The number of nitrogens with one attached hydrogen (secondary N) is 1. The fraction of sp³-hybridized carbons (Fsp3) is 0.500. The summed E-state index contributed by atoms with van der Waals surface area (Å²) in [6.07, 6.45) is 2.51. The monoisotopic (exact) mass is 300 g/mol. The van der Waals surface area contributed by atoms with Gasteiger partial charge in [0.25, 0.3) is 0 Å². The van der Waals surface area contributed by atoms with Crippen LogP contribution in [-0.2, 0) is 6.54 Å². The fourth-order valence-electron chi connectivity index (χ4n) is 3.46. The Bertz CT molecular complexity index is 706. The molecule has 1 atom stereocenters. The summed E-state index contributed by atoms with van der Waals surface area (Å²) in [5.41, 5.74) is 2.64. The lowest BCUT2D eigenvalue weighted by atomic mass is 9.97. The van der Waals surface area contributed by atoms with Crippen molar-refractivity contribution in [2.24, 2.45) is 5.92 Å². The number of benzene rings is 1. The lowest BCUT2D eigenvalue weighted by Crippen LogP contribution is -2.38. The molecule has 1 aromatic carbocycles. The molecule has 2 heterocycles. The third-order valence-electron chi connectivity index (χ3n) is 4.48. The summed E-state index contributed by atoms with van der Waals surface area (Å²) in [4.78, 5) is 14.3. The predicted octanol–water partition coefficient (Wildman–Crippen LogP) is 2.53. The average Bonchev–Trinajstić information content (AvgIpc) is 2.47. The fourth-order valence-corrected chi connectivity index (χ4v) is 3.46. The first-order valence-corrected chi connectivity index (χ1v) is 8.06. The summed E-state index contributed by atoms with van der Waals surface area (Å²) in [5, 5.41) is 4.33. The number of hydrogen-bond acceptors (Lipinski definition) is 4. The molecule has 0 bridgehead atoms. The van der Waals surface area contributed by atoms with Crippen LogP contribution in [0.3, 0.4) is 0 Å². The van der Waals surface area contributed by atoms with Gasteiger partial charge in [-0.2, -0.15) is 0 Å².